The molecule has 3 fully saturated rings. The summed E-state index contributed by atoms with van der Waals surface area (Å²) in [6.07, 6.45) is 13.2. The third kappa shape index (κ3) is 6.86. The van der Waals surface area contributed by atoms with Crippen LogP contribution >= 0.6 is 0 Å². The SMILES string of the molecule is CC(c1cnc(-c2cncc(N3CCCC3)n2)o1)n1ccc(N2CCC[C@@H](N(CC3CC3)C(=O)OC(C)(C)C)C2)cc1=O. The number of aromatic nitrogens is 4. The van der Waals surface area contributed by atoms with Crippen LogP contribution < -0.4 is 15.4 Å². The Kier molecular flexibility index (Phi) is 8.15. The van der Waals surface area contributed by atoms with Crippen molar-refractivity contribution < 1.29 is 13.9 Å². The highest BCUT2D eigenvalue weighted by Crippen LogP contribution is 2.33. The Balaban J connectivity index is 1.15. The van der Waals surface area contributed by atoms with Crippen molar-refractivity contribution in [3.63, 3.8) is 0 Å². The molecule has 1 aliphatic carbocycles. The highest BCUT2D eigenvalue weighted by molar-refractivity contribution is 5.69. The molecule has 5 heterocycles. The fraction of sp³-hybridized carbons (Fsp3) is 0.594. The highest BCUT2D eigenvalue weighted by atomic mass is 16.6. The lowest BCUT2D eigenvalue weighted by atomic mass is 10.0. The molecule has 1 saturated carbocycles. The first kappa shape index (κ1) is 29.2. The molecule has 3 aromatic heterocycles. The van der Waals surface area contributed by atoms with Gasteiger partial charge in [-0.25, -0.2) is 14.8 Å². The lowest BCUT2D eigenvalue weighted by Crippen LogP contribution is -2.52. The number of anilines is 2. The molecule has 230 valence electrons. The van der Waals surface area contributed by atoms with E-state index in [4.69, 9.17) is 14.1 Å². The van der Waals surface area contributed by atoms with Gasteiger partial charge >= 0.3 is 6.09 Å². The van der Waals surface area contributed by atoms with Crippen LogP contribution in [-0.4, -0.2) is 74.9 Å². The predicted octanol–water partition coefficient (Wildman–Crippen LogP) is 5.12. The number of oxazole rings is 1. The van der Waals surface area contributed by atoms with Crippen LogP contribution in [0, 0.1) is 5.92 Å². The number of hydrogen-bond acceptors (Lipinski definition) is 9. The number of piperidine rings is 1. The summed E-state index contributed by atoms with van der Waals surface area (Å²) >= 11 is 0. The van der Waals surface area contributed by atoms with Crippen molar-refractivity contribution >= 4 is 17.6 Å². The van der Waals surface area contributed by atoms with Crippen LogP contribution in [0.5, 0.6) is 0 Å². The normalized spacial score (nSPS) is 19.9. The van der Waals surface area contributed by atoms with Gasteiger partial charge in [0.15, 0.2) is 0 Å². The molecule has 0 spiro atoms. The van der Waals surface area contributed by atoms with Crippen molar-refractivity contribution in [1.29, 1.82) is 0 Å². The van der Waals surface area contributed by atoms with Gasteiger partial charge in [-0.1, -0.05) is 0 Å². The van der Waals surface area contributed by atoms with Gasteiger partial charge in [0, 0.05) is 50.7 Å². The number of ether oxygens (including phenoxy) is 1. The summed E-state index contributed by atoms with van der Waals surface area (Å²) in [6.45, 7) is 11.8. The number of carbonyl (C=O) groups excluding carboxylic acids is 1. The van der Waals surface area contributed by atoms with Gasteiger partial charge in [0.05, 0.1) is 30.7 Å². The molecule has 43 heavy (non-hydrogen) atoms. The molecule has 3 aliphatic rings. The first-order valence-electron chi connectivity index (χ1n) is 15.6. The van der Waals surface area contributed by atoms with Crippen LogP contribution in [0.1, 0.15) is 78.0 Å². The number of pyridine rings is 1. The molecule has 0 radical (unpaired) electrons. The second kappa shape index (κ2) is 12.0. The second-order valence-electron chi connectivity index (χ2n) is 13.1. The summed E-state index contributed by atoms with van der Waals surface area (Å²) in [4.78, 5) is 46.4. The molecule has 3 aromatic rings. The zero-order valence-electron chi connectivity index (χ0n) is 25.7. The van der Waals surface area contributed by atoms with E-state index >= 15 is 0 Å². The summed E-state index contributed by atoms with van der Waals surface area (Å²) in [5.41, 5.74) is 0.778. The molecule has 11 nitrogen and oxygen atoms in total. The summed E-state index contributed by atoms with van der Waals surface area (Å²) in [6, 6.07) is 3.35. The monoisotopic (exact) mass is 589 g/mol. The fourth-order valence-electron chi connectivity index (χ4n) is 6.00. The van der Waals surface area contributed by atoms with E-state index in [0.717, 1.165) is 76.2 Å². The lowest BCUT2D eigenvalue weighted by molar-refractivity contribution is 0.0134. The molecule has 0 N–H and O–H groups in total. The average molecular weight is 590 g/mol. The second-order valence-corrected chi connectivity index (χ2v) is 13.1. The molecule has 0 aromatic carbocycles. The summed E-state index contributed by atoms with van der Waals surface area (Å²) in [5, 5.41) is 0. The van der Waals surface area contributed by atoms with Crippen molar-refractivity contribution in [2.45, 2.75) is 83.9 Å². The van der Waals surface area contributed by atoms with E-state index in [-0.39, 0.29) is 23.7 Å². The summed E-state index contributed by atoms with van der Waals surface area (Å²) in [5.74, 6) is 2.35. The van der Waals surface area contributed by atoms with Crippen molar-refractivity contribution in [3.05, 3.63) is 53.0 Å². The van der Waals surface area contributed by atoms with Gasteiger partial charge in [-0.05, 0) is 78.2 Å². The molecule has 2 atom stereocenters. The van der Waals surface area contributed by atoms with Crippen LogP contribution in [0.2, 0.25) is 0 Å². The Morgan fingerprint density at radius 1 is 1.09 bits per heavy atom. The van der Waals surface area contributed by atoms with Crippen LogP contribution in [0.25, 0.3) is 11.6 Å². The maximum atomic E-state index is 13.4. The largest absolute Gasteiger partial charge is 0.444 e. The number of amides is 1. The molecule has 11 heteroatoms. The standard InChI is InChI=1S/C32H43N7O4/c1-22(27-18-34-30(42-27)26-17-33-19-28(35-26)36-12-5-6-13-36)38-15-11-24(16-29(38)40)37-14-7-8-25(21-37)39(20-23-9-10-23)31(41)43-32(2,3)4/h11,15-19,22-23,25H,5-10,12-14,20-21H2,1-4H3/t22?,25-/m1/s1. The van der Waals surface area contributed by atoms with Crippen molar-refractivity contribution in [3.8, 4) is 11.6 Å². The zero-order chi connectivity index (χ0) is 30.1. The van der Waals surface area contributed by atoms with Gasteiger partial charge in [0.1, 0.15) is 22.9 Å². The Labute approximate surface area is 252 Å². The highest BCUT2D eigenvalue weighted by Gasteiger charge is 2.36. The molecular formula is C32H43N7O4. The summed E-state index contributed by atoms with van der Waals surface area (Å²) < 4.78 is 13.5. The van der Waals surface area contributed by atoms with Crippen LogP contribution in [0.15, 0.2) is 46.1 Å². The van der Waals surface area contributed by atoms with Crippen molar-refractivity contribution in [2.75, 3.05) is 42.5 Å². The Bertz CT molecular complexity index is 1490. The molecular weight excluding hydrogens is 546 g/mol. The minimum atomic E-state index is -0.538. The lowest BCUT2D eigenvalue weighted by Gasteiger charge is -2.40. The minimum absolute atomic E-state index is 0.0465. The van der Waals surface area contributed by atoms with Gasteiger partial charge in [-0.3, -0.25) is 9.78 Å². The quantitative estimate of drug-likeness (QED) is 0.354. The third-order valence-electron chi connectivity index (χ3n) is 8.54. The van der Waals surface area contributed by atoms with E-state index in [1.165, 1.54) is 0 Å². The number of hydrogen-bond donors (Lipinski definition) is 0. The first-order chi connectivity index (χ1) is 20.6. The molecule has 2 saturated heterocycles. The van der Waals surface area contributed by atoms with Crippen LogP contribution in [0.3, 0.4) is 0 Å². The smallest absolute Gasteiger partial charge is 0.410 e. The predicted molar refractivity (Wildman–Crippen MR) is 164 cm³/mol. The van der Waals surface area contributed by atoms with Crippen molar-refractivity contribution in [1.82, 2.24) is 24.4 Å². The van der Waals surface area contributed by atoms with E-state index in [1.54, 1.807) is 29.2 Å². The summed E-state index contributed by atoms with van der Waals surface area (Å²) in [7, 11) is 0. The van der Waals surface area contributed by atoms with Crippen LogP contribution in [-0.2, 0) is 4.74 Å². The van der Waals surface area contributed by atoms with Crippen LogP contribution in [0.4, 0.5) is 16.3 Å². The van der Waals surface area contributed by atoms with Crippen molar-refractivity contribution in [2.24, 2.45) is 5.92 Å². The molecule has 1 amide bonds. The van der Waals surface area contributed by atoms with Gasteiger partial charge in [-0.2, -0.15) is 0 Å². The Morgan fingerprint density at radius 3 is 2.58 bits per heavy atom. The molecule has 0 bridgehead atoms. The molecule has 1 unspecified atom stereocenters. The van der Waals surface area contributed by atoms with E-state index in [0.29, 0.717) is 29.8 Å². The molecule has 6 rings (SSSR count). The fourth-order valence-corrected chi connectivity index (χ4v) is 6.00. The first-order valence-corrected chi connectivity index (χ1v) is 15.6. The van der Waals surface area contributed by atoms with Gasteiger partial charge in [0.2, 0.25) is 5.89 Å². The average Bonchev–Trinajstić information content (AvgIpc) is 3.41. The maximum Gasteiger partial charge on any atom is 0.410 e. The van der Waals surface area contributed by atoms with E-state index < -0.39 is 5.60 Å². The Hall–Kier alpha value is -3.89. The van der Waals surface area contributed by atoms with E-state index in [9.17, 15) is 9.59 Å². The minimum Gasteiger partial charge on any atom is -0.444 e. The number of nitrogens with zero attached hydrogens (tertiary/aromatic N) is 7. The van der Waals surface area contributed by atoms with Gasteiger partial charge in [0.25, 0.3) is 5.56 Å². The zero-order valence-corrected chi connectivity index (χ0v) is 25.7. The molecule has 2 aliphatic heterocycles. The van der Waals surface area contributed by atoms with E-state index in [1.807, 2.05) is 44.9 Å². The van der Waals surface area contributed by atoms with Gasteiger partial charge < -0.3 is 28.4 Å². The maximum absolute atomic E-state index is 13.4. The number of rotatable bonds is 8. The topological polar surface area (TPSA) is 110 Å². The third-order valence-corrected chi connectivity index (χ3v) is 8.54. The van der Waals surface area contributed by atoms with E-state index in [2.05, 4.69) is 19.8 Å². The van der Waals surface area contributed by atoms with Gasteiger partial charge in [-0.15, -0.1) is 0 Å². The Morgan fingerprint density at radius 2 is 1.86 bits per heavy atom. The number of carbonyl (C=O) groups is 1.